The zero-order valence-electron chi connectivity index (χ0n) is 9.41. The number of pyridine rings is 1. The summed E-state index contributed by atoms with van der Waals surface area (Å²) in [6, 6.07) is 5.63. The minimum Gasteiger partial charge on any atom is -0.288 e. The molecule has 0 atom stereocenters. The lowest BCUT2D eigenvalue weighted by Crippen LogP contribution is -2.09. The van der Waals surface area contributed by atoms with E-state index in [4.69, 9.17) is 11.6 Å². The molecular weight excluding hydrogens is 279 g/mol. The second-order valence-corrected chi connectivity index (χ2v) is 4.17. The monoisotopic (exact) mass is 285 g/mol. The lowest BCUT2D eigenvalue weighted by Gasteiger charge is -2.09. The van der Waals surface area contributed by atoms with Gasteiger partial charge >= 0.3 is 6.18 Å². The number of ketones is 1. The van der Waals surface area contributed by atoms with Gasteiger partial charge in [-0.25, -0.2) is 0 Å². The van der Waals surface area contributed by atoms with Crippen molar-refractivity contribution in [3.8, 4) is 0 Å². The number of alkyl halides is 3. The van der Waals surface area contributed by atoms with Gasteiger partial charge in [-0.15, -0.1) is 0 Å². The molecule has 0 N–H and O–H groups in total. The fourth-order valence-corrected chi connectivity index (χ4v) is 1.73. The Hall–Kier alpha value is -1.88. The first-order chi connectivity index (χ1) is 8.89. The molecule has 0 bridgehead atoms. The topological polar surface area (TPSA) is 30.0 Å². The highest BCUT2D eigenvalue weighted by molar-refractivity contribution is 6.35. The van der Waals surface area contributed by atoms with Crippen molar-refractivity contribution in [1.82, 2.24) is 4.98 Å². The lowest BCUT2D eigenvalue weighted by molar-refractivity contribution is -0.137. The molecular formula is C13H7ClF3NO. The molecule has 0 aliphatic heterocycles. The van der Waals surface area contributed by atoms with Crippen LogP contribution in [0.1, 0.15) is 21.5 Å². The van der Waals surface area contributed by atoms with E-state index >= 15 is 0 Å². The van der Waals surface area contributed by atoms with Gasteiger partial charge in [0.25, 0.3) is 0 Å². The number of rotatable bonds is 2. The van der Waals surface area contributed by atoms with Crippen LogP contribution in [-0.4, -0.2) is 10.8 Å². The number of benzene rings is 1. The average Bonchev–Trinajstić information content (AvgIpc) is 2.38. The molecule has 19 heavy (non-hydrogen) atoms. The van der Waals surface area contributed by atoms with Crippen LogP contribution in [0.25, 0.3) is 0 Å². The molecule has 0 radical (unpaired) electrons. The van der Waals surface area contributed by atoms with Gasteiger partial charge in [-0.1, -0.05) is 11.6 Å². The van der Waals surface area contributed by atoms with Crippen LogP contribution in [0.2, 0.25) is 5.02 Å². The maximum Gasteiger partial charge on any atom is 0.416 e. The first kappa shape index (κ1) is 13.5. The third kappa shape index (κ3) is 2.93. The molecule has 2 nitrogen and oxygen atoms in total. The molecule has 2 rings (SSSR count). The molecule has 0 fully saturated rings. The summed E-state index contributed by atoms with van der Waals surface area (Å²) in [6.07, 6.45) is -1.78. The summed E-state index contributed by atoms with van der Waals surface area (Å²) >= 11 is 5.78. The van der Waals surface area contributed by atoms with Gasteiger partial charge in [0.15, 0.2) is 5.78 Å². The van der Waals surface area contributed by atoms with Gasteiger partial charge < -0.3 is 0 Å². The SMILES string of the molecule is O=C(c1cccnc1)c1cc(C(F)(F)F)ccc1Cl. The molecule has 2 aromatic rings. The van der Waals surface area contributed by atoms with Gasteiger partial charge in [0.2, 0.25) is 0 Å². The van der Waals surface area contributed by atoms with E-state index in [0.717, 1.165) is 18.2 Å². The number of halogens is 4. The molecule has 1 aromatic carbocycles. The van der Waals surface area contributed by atoms with Crippen LogP contribution >= 0.6 is 11.6 Å². The number of hydrogen-bond acceptors (Lipinski definition) is 2. The number of hydrogen-bond donors (Lipinski definition) is 0. The van der Waals surface area contributed by atoms with E-state index in [1.54, 1.807) is 0 Å². The van der Waals surface area contributed by atoms with Gasteiger partial charge in [0, 0.05) is 23.5 Å². The lowest BCUT2D eigenvalue weighted by atomic mass is 10.0. The first-order valence-electron chi connectivity index (χ1n) is 5.21. The standard InChI is InChI=1S/C13H7ClF3NO/c14-11-4-3-9(13(15,16)17)6-10(11)12(19)8-2-1-5-18-7-8/h1-7H. The molecule has 1 aromatic heterocycles. The number of carbonyl (C=O) groups excluding carboxylic acids is 1. The number of aromatic nitrogens is 1. The maximum atomic E-state index is 12.6. The number of carbonyl (C=O) groups is 1. The fourth-order valence-electron chi connectivity index (χ4n) is 1.53. The van der Waals surface area contributed by atoms with E-state index in [1.165, 1.54) is 24.5 Å². The Morgan fingerprint density at radius 2 is 1.95 bits per heavy atom. The van der Waals surface area contributed by atoms with E-state index in [0.29, 0.717) is 0 Å². The van der Waals surface area contributed by atoms with E-state index in [-0.39, 0.29) is 16.1 Å². The van der Waals surface area contributed by atoms with E-state index in [9.17, 15) is 18.0 Å². The molecule has 0 aliphatic rings. The summed E-state index contributed by atoms with van der Waals surface area (Å²) in [6.45, 7) is 0. The van der Waals surface area contributed by atoms with Gasteiger partial charge in [-0.3, -0.25) is 9.78 Å². The number of nitrogens with zero attached hydrogens (tertiary/aromatic N) is 1. The van der Waals surface area contributed by atoms with Crippen molar-refractivity contribution in [2.45, 2.75) is 6.18 Å². The molecule has 0 amide bonds. The normalized spacial score (nSPS) is 11.4. The minimum absolute atomic E-state index is 0.0261. The van der Waals surface area contributed by atoms with E-state index in [2.05, 4.69) is 4.98 Å². The summed E-state index contributed by atoms with van der Waals surface area (Å²) in [5.74, 6) is -0.593. The predicted octanol–water partition coefficient (Wildman–Crippen LogP) is 3.98. The molecule has 6 heteroatoms. The zero-order valence-corrected chi connectivity index (χ0v) is 10.2. The van der Waals surface area contributed by atoms with Crippen molar-refractivity contribution in [1.29, 1.82) is 0 Å². The van der Waals surface area contributed by atoms with Gasteiger partial charge in [-0.05, 0) is 30.3 Å². The van der Waals surface area contributed by atoms with Crippen LogP contribution in [0, 0.1) is 0 Å². The zero-order chi connectivity index (χ0) is 14.0. The Balaban J connectivity index is 2.48. The van der Waals surface area contributed by atoms with Crippen molar-refractivity contribution in [2.24, 2.45) is 0 Å². The molecule has 0 aliphatic carbocycles. The second kappa shape index (κ2) is 5.01. The third-order valence-electron chi connectivity index (χ3n) is 2.46. The van der Waals surface area contributed by atoms with Crippen LogP contribution in [0.3, 0.4) is 0 Å². The molecule has 0 spiro atoms. The Morgan fingerprint density at radius 3 is 2.53 bits per heavy atom. The molecule has 0 saturated heterocycles. The molecule has 1 heterocycles. The Kier molecular flexibility index (Phi) is 3.57. The Bertz CT molecular complexity index is 611. The van der Waals surface area contributed by atoms with Gasteiger partial charge in [0.1, 0.15) is 0 Å². The van der Waals surface area contributed by atoms with E-state index < -0.39 is 17.5 Å². The maximum absolute atomic E-state index is 12.6. The Morgan fingerprint density at radius 1 is 1.21 bits per heavy atom. The van der Waals surface area contributed by atoms with Crippen LogP contribution in [0.15, 0.2) is 42.7 Å². The third-order valence-corrected chi connectivity index (χ3v) is 2.79. The van der Waals surface area contributed by atoms with Crippen molar-refractivity contribution in [2.75, 3.05) is 0 Å². The summed E-state index contributed by atoms with van der Waals surface area (Å²) in [5, 5.41) is -0.0261. The fraction of sp³-hybridized carbons (Fsp3) is 0.0769. The van der Waals surface area contributed by atoms with Crippen LogP contribution in [0.5, 0.6) is 0 Å². The average molecular weight is 286 g/mol. The largest absolute Gasteiger partial charge is 0.416 e. The summed E-state index contributed by atoms with van der Waals surface area (Å²) in [4.78, 5) is 15.8. The van der Waals surface area contributed by atoms with Crippen molar-refractivity contribution in [3.05, 3.63) is 64.4 Å². The molecule has 0 saturated carbocycles. The minimum atomic E-state index is -4.52. The van der Waals surface area contributed by atoms with Gasteiger partial charge in [-0.2, -0.15) is 13.2 Å². The van der Waals surface area contributed by atoms with Gasteiger partial charge in [0.05, 0.1) is 10.6 Å². The smallest absolute Gasteiger partial charge is 0.288 e. The van der Waals surface area contributed by atoms with Crippen molar-refractivity contribution < 1.29 is 18.0 Å². The van der Waals surface area contributed by atoms with E-state index in [1.807, 2.05) is 0 Å². The molecule has 0 unspecified atom stereocenters. The van der Waals surface area contributed by atoms with Crippen molar-refractivity contribution >= 4 is 17.4 Å². The quantitative estimate of drug-likeness (QED) is 0.781. The summed E-state index contributed by atoms with van der Waals surface area (Å²) in [5.41, 5.74) is -0.919. The van der Waals surface area contributed by atoms with Crippen LogP contribution in [-0.2, 0) is 6.18 Å². The highest BCUT2D eigenvalue weighted by atomic mass is 35.5. The summed E-state index contributed by atoms with van der Waals surface area (Å²) < 4.78 is 37.8. The highest BCUT2D eigenvalue weighted by Crippen LogP contribution is 2.32. The first-order valence-corrected chi connectivity index (χ1v) is 5.59. The predicted molar refractivity (Wildman–Crippen MR) is 64.1 cm³/mol. The summed E-state index contributed by atoms with van der Waals surface area (Å²) in [7, 11) is 0. The highest BCUT2D eigenvalue weighted by Gasteiger charge is 2.31. The Labute approximate surface area is 111 Å². The van der Waals surface area contributed by atoms with Crippen molar-refractivity contribution in [3.63, 3.8) is 0 Å². The van der Waals surface area contributed by atoms with Crippen LogP contribution < -0.4 is 0 Å². The van der Waals surface area contributed by atoms with Crippen LogP contribution in [0.4, 0.5) is 13.2 Å². The molecule has 98 valence electrons. The second-order valence-electron chi connectivity index (χ2n) is 3.76.